The number of nitrogens with one attached hydrogen (secondary N) is 1. The normalized spacial score (nSPS) is 10.3. The van der Waals surface area contributed by atoms with Gasteiger partial charge in [0.1, 0.15) is 24.7 Å². The van der Waals surface area contributed by atoms with Crippen LogP contribution in [0.3, 0.4) is 0 Å². The highest BCUT2D eigenvalue weighted by Gasteiger charge is 2.10. The Balaban J connectivity index is 1.60. The van der Waals surface area contributed by atoms with Crippen molar-refractivity contribution < 1.29 is 14.3 Å². The molecule has 28 heavy (non-hydrogen) atoms. The van der Waals surface area contributed by atoms with Crippen molar-refractivity contribution in [1.82, 2.24) is 15.1 Å². The molecule has 0 aliphatic heterocycles. The standard InChI is InChI=1S/C21H21N3O4/c1-27-19-10-6-5-9-17(19)18-11-12-21(26)24(23-18)15-20(25)22-13-14-28-16-7-3-2-4-8-16/h2-12H,13-15H2,1H3,(H,22,25). The van der Waals surface area contributed by atoms with Crippen LogP contribution in [0.5, 0.6) is 11.5 Å². The van der Waals surface area contributed by atoms with Crippen LogP contribution in [0.15, 0.2) is 71.5 Å². The third-order valence-electron chi connectivity index (χ3n) is 3.98. The Morgan fingerprint density at radius 3 is 2.57 bits per heavy atom. The lowest BCUT2D eigenvalue weighted by atomic mass is 10.1. The average molecular weight is 379 g/mol. The minimum atomic E-state index is -0.352. The summed E-state index contributed by atoms with van der Waals surface area (Å²) in [6.45, 7) is 0.487. The number of ether oxygens (including phenoxy) is 2. The zero-order chi connectivity index (χ0) is 19.8. The van der Waals surface area contributed by atoms with Crippen LogP contribution in [0.2, 0.25) is 0 Å². The highest BCUT2D eigenvalue weighted by molar-refractivity contribution is 5.75. The summed E-state index contributed by atoms with van der Waals surface area (Å²) in [5.41, 5.74) is 0.946. The molecule has 0 saturated carbocycles. The molecule has 7 heteroatoms. The Labute approximate surface area is 162 Å². The maximum atomic E-state index is 12.2. The summed E-state index contributed by atoms with van der Waals surface area (Å²) in [5, 5.41) is 7.02. The Hall–Kier alpha value is -3.61. The maximum absolute atomic E-state index is 12.2. The second kappa shape index (κ2) is 9.36. The minimum Gasteiger partial charge on any atom is -0.496 e. The van der Waals surface area contributed by atoms with Crippen molar-refractivity contribution in [1.29, 1.82) is 0 Å². The monoisotopic (exact) mass is 379 g/mol. The van der Waals surface area contributed by atoms with E-state index in [1.807, 2.05) is 54.6 Å². The number of carbonyl (C=O) groups excluding carboxylic acids is 1. The van der Waals surface area contributed by atoms with E-state index in [0.717, 1.165) is 16.0 Å². The highest BCUT2D eigenvalue weighted by atomic mass is 16.5. The first-order chi connectivity index (χ1) is 13.7. The second-order valence-electron chi connectivity index (χ2n) is 5.93. The van der Waals surface area contributed by atoms with Crippen LogP contribution in [0.4, 0.5) is 0 Å². The lowest BCUT2D eigenvalue weighted by Gasteiger charge is -2.11. The quantitative estimate of drug-likeness (QED) is 0.606. The first kappa shape index (κ1) is 19.2. The first-order valence-corrected chi connectivity index (χ1v) is 8.83. The number of carbonyl (C=O) groups is 1. The number of benzene rings is 2. The van der Waals surface area contributed by atoms with E-state index in [0.29, 0.717) is 24.6 Å². The van der Waals surface area contributed by atoms with E-state index in [2.05, 4.69) is 10.4 Å². The molecule has 3 aromatic rings. The van der Waals surface area contributed by atoms with Crippen LogP contribution in [0.25, 0.3) is 11.3 Å². The topological polar surface area (TPSA) is 82.5 Å². The lowest BCUT2D eigenvalue weighted by Crippen LogP contribution is -2.35. The molecular weight excluding hydrogens is 358 g/mol. The van der Waals surface area contributed by atoms with Crippen LogP contribution < -0.4 is 20.3 Å². The van der Waals surface area contributed by atoms with Gasteiger partial charge >= 0.3 is 0 Å². The molecule has 1 N–H and O–H groups in total. The van der Waals surface area contributed by atoms with Crippen molar-refractivity contribution in [3.63, 3.8) is 0 Å². The van der Waals surface area contributed by atoms with Crippen molar-refractivity contribution in [2.75, 3.05) is 20.3 Å². The van der Waals surface area contributed by atoms with Crippen molar-refractivity contribution >= 4 is 5.91 Å². The fourth-order valence-electron chi connectivity index (χ4n) is 2.63. The van der Waals surface area contributed by atoms with E-state index in [9.17, 15) is 9.59 Å². The number of amides is 1. The van der Waals surface area contributed by atoms with Crippen molar-refractivity contribution in [3.8, 4) is 22.8 Å². The molecule has 7 nitrogen and oxygen atoms in total. The minimum absolute atomic E-state index is 0.173. The molecule has 0 spiro atoms. The van der Waals surface area contributed by atoms with E-state index in [-0.39, 0.29) is 18.0 Å². The van der Waals surface area contributed by atoms with Gasteiger partial charge in [-0.1, -0.05) is 30.3 Å². The fourth-order valence-corrected chi connectivity index (χ4v) is 2.63. The zero-order valence-corrected chi connectivity index (χ0v) is 15.5. The molecule has 0 fully saturated rings. The largest absolute Gasteiger partial charge is 0.496 e. The van der Waals surface area contributed by atoms with E-state index < -0.39 is 0 Å². The Kier molecular flexibility index (Phi) is 6.41. The highest BCUT2D eigenvalue weighted by Crippen LogP contribution is 2.27. The number of aromatic nitrogens is 2. The van der Waals surface area contributed by atoms with Gasteiger partial charge in [0.2, 0.25) is 5.91 Å². The number of hydrogen-bond acceptors (Lipinski definition) is 5. The maximum Gasteiger partial charge on any atom is 0.267 e. The number of methoxy groups -OCH3 is 1. The van der Waals surface area contributed by atoms with Gasteiger partial charge in [0.15, 0.2) is 0 Å². The molecular formula is C21H21N3O4. The Morgan fingerprint density at radius 1 is 1.04 bits per heavy atom. The summed E-state index contributed by atoms with van der Waals surface area (Å²) in [6, 6.07) is 19.7. The van der Waals surface area contributed by atoms with Gasteiger partial charge in [-0.15, -0.1) is 0 Å². The molecule has 0 atom stereocenters. The Morgan fingerprint density at radius 2 is 1.79 bits per heavy atom. The number of nitrogens with zero attached hydrogens (tertiary/aromatic N) is 2. The first-order valence-electron chi connectivity index (χ1n) is 8.83. The van der Waals surface area contributed by atoms with Gasteiger partial charge in [-0.3, -0.25) is 9.59 Å². The number of rotatable bonds is 8. The third kappa shape index (κ3) is 4.97. The molecule has 0 unspecified atom stereocenters. The fraction of sp³-hybridized carbons (Fsp3) is 0.190. The molecule has 3 rings (SSSR count). The molecule has 1 amide bonds. The molecule has 1 aromatic heterocycles. The molecule has 0 radical (unpaired) electrons. The van der Waals surface area contributed by atoms with Crippen molar-refractivity contribution in [2.24, 2.45) is 0 Å². The van der Waals surface area contributed by atoms with Crippen molar-refractivity contribution in [2.45, 2.75) is 6.54 Å². The van der Waals surface area contributed by atoms with Crippen LogP contribution in [-0.4, -0.2) is 35.9 Å². The van der Waals surface area contributed by atoms with E-state index in [1.165, 1.54) is 6.07 Å². The molecule has 0 aliphatic carbocycles. The summed E-state index contributed by atoms with van der Waals surface area (Å²) in [6.07, 6.45) is 0. The van der Waals surface area contributed by atoms with Gasteiger partial charge in [-0.05, 0) is 30.3 Å². The smallest absolute Gasteiger partial charge is 0.267 e. The third-order valence-corrected chi connectivity index (χ3v) is 3.98. The molecule has 1 heterocycles. The van der Waals surface area contributed by atoms with Gasteiger partial charge in [-0.25, -0.2) is 4.68 Å². The predicted octanol–water partition coefficient (Wildman–Crippen LogP) is 2.11. The molecule has 2 aromatic carbocycles. The predicted molar refractivity (Wildman–Crippen MR) is 105 cm³/mol. The number of hydrogen-bond donors (Lipinski definition) is 1. The van der Waals surface area contributed by atoms with Gasteiger partial charge in [0.25, 0.3) is 5.56 Å². The summed E-state index contributed by atoms with van der Waals surface area (Å²) >= 11 is 0. The molecule has 0 aliphatic rings. The molecule has 144 valence electrons. The van der Waals surface area contributed by atoms with E-state index in [1.54, 1.807) is 13.2 Å². The number of para-hydroxylation sites is 2. The Bertz CT molecular complexity index is 986. The van der Waals surface area contributed by atoms with Crippen LogP contribution in [-0.2, 0) is 11.3 Å². The molecule has 0 bridgehead atoms. The molecule has 0 saturated heterocycles. The summed E-state index contributed by atoms with van der Waals surface area (Å²) < 4.78 is 12.0. The second-order valence-corrected chi connectivity index (χ2v) is 5.93. The van der Waals surface area contributed by atoms with Crippen LogP contribution in [0.1, 0.15) is 0 Å². The lowest BCUT2D eigenvalue weighted by molar-refractivity contribution is -0.122. The van der Waals surface area contributed by atoms with Gasteiger partial charge < -0.3 is 14.8 Å². The van der Waals surface area contributed by atoms with Gasteiger partial charge in [0, 0.05) is 11.6 Å². The van der Waals surface area contributed by atoms with Gasteiger partial charge in [0.05, 0.1) is 19.3 Å². The zero-order valence-electron chi connectivity index (χ0n) is 15.5. The van der Waals surface area contributed by atoms with Crippen molar-refractivity contribution in [3.05, 3.63) is 77.1 Å². The summed E-state index contributed by atoms with van der Waals surface area (Å²) in [5.74, 6) is 1.06. The van der Waals surface area contributed by atoms with E-state index in [4.69, 9.17) is 9.47 Å². The van der Waals surface area contributed by atoms with E-state index >= 15 is 0 Å². The SMILES string of the molecule is COc1ccccc1-c1ccc(=O)n(CC(=O)NCCOc2ccccc2)n1. The summed E-state index contributed by atoms with van der Waals surface area (Å²) in [7, 11) is 1.57. The van der Waals surface area contributed by atoms with Crippen LogP contribution >= 0.6 is 0 Å². The van der Waals surface area contributed by atoms with Gasteiger partial charge in [-0.2, -0.15) is 5.10 Å². The average Bonchev–Trinajstić information content (AvgIpc) is 2.73. The van der Waals surface area contributed by atoms with Crippen LogP contribution in [0, 0.1) is 0 Å². The summed E-state index contributed by atoms with van der Waals surface area (Å²) in [4.78, 5) is 24.2.